The lowest BCUT2D eigenvalue weighted by Gasteiger charge is -2.20. The largest absolute Gasteiger partial charge is 0.478 e. The standard InChI is InChI=1S/C9H8Br2F3NO/c10-5-1-2-7(6(11)3-5)16-8(4-15)9(12,13)14/h1-3,8H,4,15H2. The molecule has 90 valence electrons. The van der Waals surface area contributed by atoms with E-state index in [-0.39, 0.29) is 5.75 Å². The zero-order chi connectivity index (χ0) is 12.3. The second-order valence-electron chi connectivity index (χ2n) is 2.96. The number of rotatable bonds is 3. The van der Waals surface area contributed by atoms with Crippen molar-refractivity contribution >= 4 is 31.9 Å². The number of benzene rings is 1. The molecule has 0 heterocycles. The summed E-state index contributed by atoms with van der Waals surface area (Å²) in [5.41, 5.74) is 5.02. The Morgan fingerprint density at radius 1 is 1.31 bits per heavy atom. The minimum absolute atomic E-state index is 0.107. The molecule has 7 heteroatoms. The van der Waals surface area contributed by atoms with Gasteiger partial charge in [-0.25, -0.2) is 0 Å². The lowest BCUT2D eigenvalue weighted by atomic mass is 10.3. The molecule has 1 unspecified atom stereocenters. The highest BCUT2D eigenvalue weighted by Crippen LogP contribution is 2.31. The van der Waals surface area contributed by atoms with Gasteiger partial charge in [0.05, 0.1) is 4.47 Å². The van der Waals surface area contributed by atoms with Gasteiger partial charge in [-0.1, -0.05) is 15.9 Å². The molecule has 0 fully saturated rings. The Bertz CT molecular complexity index is 370. The Morgan fingerprint density at radius 2 is 1.94 bits per heavy atom. The minimum Gasteiger partial charge on any atom is -0.478 e. The van der Waals surface area contributed by atoms with Gasteiger partial charge in [0.25, 0.3) is 0 Å². The summed E-state index contributed by atoms with van der Waals surface area (Å²) in [6.07, 6.45) is -6.47. The fourth-order valence-corrected chi connectivity index (χ4v) is 2.11. The lowest BCUT2D eigenvalue weighted by Crippen LogP contribution is -2.40. The Hall–Kier alpha value is -0.270. The van der Waals surface area contributed by atoms with Gasteiger partial charge in [-0.2, -0.15) is 13.2 Å². The fourth-order valence-electron chi connectivity index (χ4n) is 0.973. The van der Waals surface area contributed by atoms with E-state index in [1.807, 2.05) is 0 Å². The molecule has 0 radical (unpaired) electrons. The summed E-state index contributed by atoms with van der Waals surface area (Å²) >= 11 is 6.29. The minimum atomic E-state index is -4.47. The molecule has 0 spiro atoms. The van der Waals surface area contributed by atoms with Crippen molar-refractivity contribution in [2.45, 2.75) is 12.3 Å². The van der Waals surface area contributed by atoms with E-state index < -0.39 is 18.8 Å². The van der Waals surface area contributed by atoms with E-state index in [0.29, 0.717) is 4.47 Å². The second-order valence-corrected chi connectivity index (χ2v) is 4.73. The zero-order valence-corrected chi connectivity index (χ0v) is 11.1. The third-order valence-electron chi connectivity index (χ3n) is 1.74. The molecule has 0 aliphatic rings. The van der Waals surface area contributed by atoms with E-state index in [4.69, 9.17) is 10.5 Å². The van der Waals surface area contributed by atoms with Gasteiger partial charge < -0.3 is 10.5 Å². The van der Waals surface area contributed by atoms with E-state index in [1.54, 1.807) is 12.1 Å². The number of alkyl halides is 3. The van der Waals surface area contributed by atoms with E-state index in [2.05, 4.69) is 31.9 Å². The molecule has 0 aliphatic carbocycles. The monoisotopic (exact) mass is 361 g/mol. The van der Waals surface area contributed by atoms with Crippen molar-refractivity contribution in [1.82, 2.24) is 0 Å². The van der Waals surface area contributed by atoms with Crippen LogP contribution in [-0.4, -0.2) is 18.8 Å². The summed E-state index contributed by atoms with van der Waals surface area (Å²) in [5, 5.41) is 0. The predicted octanol–water partition coefficient (Wildman–Crippen LogP) is 3.48. The van der Waals surface area contributed by atoms with Crippen LogP contribution in [0.4, 0.5) is 13.2 Å². The summed E-state index contributed by atoms with van der Waals surface area (Å²) < 4.78 is 43.1. The number of hydrogen-bond acceptors (Lipinski definition) is 2. The molecule has 1 atom stereocenters. The van der Waals surface area contributed by atoms with Crippen molar-refractivity contribution in [3.63, 3.8) is 0 Å². The molecule has 0 aliphatic heterocycles. The van der Waals surface area contributed by atoms with Crippen LogP contribution in [0.25, 0.3) is 0 Å². The molecule has 1 aromatic carbocycles. The second kappa shape index (κ2) is 5.37. The highest BCUT2D eigenvalue weighted by molar-refractivity contribution is 9.11. The van der Waals surface area contributed by atoms with Crippen LogP contribution in [0.1, 0.15) is 0 Å². The Labute approximate surface area is 107 Å². The van der Waals surface area contributed by atoms with Crippen LogP contribution in [0.2, 0.25) is 0 Å². The van der Waals surface area contributed by atoms with Crippen molar-refractivity contribution in [3.8, 4) is 5.75 Å². The molecule has 1 rings (SSSR count). The van der Waals surface area contributed by atoms with Gasteiger partial charge in [-0.05, 0) is 34.1 Å². The molecule has 0 saturated heterocycles. The first kappa shape index (κ1) is 13.8. The summed E-state index contributed by atoms with van der Waals surface area (Å²) in [6.45, 7) is -0.619. The average Bonchev–Trinajstić information content (AvgIpc) is 2.14. The first-order valence-electron chi connectivity index (χ1n) is 4.23. The maximum Gasteiger partial charge on any atom is 0.426 e. The zero-order valence-electron chi connectivity index (χ0n) is 7.89. The molecular weight excluding hydrogens is 355 g/mol. The van der Waals surface area contributed by atoms with Crippen LogP contribution in [0.5, 0.6) is 5.75 Å². The average molecular weight is 363 g/mol. The van der Waals surface area contributed by atoms with Gasteiger partial charge in [0.2, 0.25) is 6.10 Å². The topological polar surface area (TPSA) is 35.2 Å². The van der Waals surface area contributed by atoms with Crippen LogP contribution < -0.4 is 10.5 Å². The van der Waals surface area contributed by atoms with Gasteiger partial charge in [-0.15, -0.1) is 0 Å². The normalized spacial score (nSPS) is 13.6. The van der Waals surface area contributed by atoms with Crippen molar-refractivity contribution < 1.29 is 17.9 Å². The van der Waals surface area contributed by atoms with Crippen molar-refractivity contribution in [2.75, 3.05) is 6.54 Å². The van der Waals surface area contributed by atoms with Crippen LogP contribution in [0.15, 0.2) is 27.1 Å². The van der Waals surface area contributed by atoms with Gasteiger partial charge in [-0.3, -0.25) is 0 Å². The molecule has 2 N–H and O–H groups in total. The first-order chi connectivity index (χ1) is 7.34. The summed E-state index contributed by atoms with van der Waals surface area (Å²) in [4.78, 5) is 0. The van der Waals surface area contributed by atoms with Crippen LogP contribution >= 0.6 is 31.9 Å². The number of nitrogens with two attached hydrogens (primary N) is 1. The first-order valence-corrected chi connectivity index (χ1v) is 5.81. The molecular formula is C9H8Br2F3NO. The molecule has 2 nitrogen and oxygen atoms in total. The summed E-state index contributed by atoms with van der Waals surface area (Å²) in [7, 11) is 0. The lowest BCUT2D eigenvalue weighted by molar-refractivity contribution is -0.191. The fraction of sp³-hybridized carbons (Fsp3) is 0.333. The highest BCUT2D eigenvalue weighted by atomic mass is 79.9. The van der Waals surface area contributed by atoms with E-state index in [0.717, 1.165) is 4.47 Å². The van der Waals surface area contributed by atoms with E-state index in [9.17, 15) is 13.2 Å². The maximum atomic E-state index is 12.4. The highest BCUT2D eigenvalue weighted by Gasteiger charge is 2.41. The predicted molar refractivity (Wildman–Crippen MR) is 61.4 cm³/mol. The smallest absolute Gasteiger partial charge is 0.426 e. The van der Waals surface area contributed by atoms with E-state index in [1.165, 1.54) is 6.07 Å². The molecule has 0 saturated carbocycles. The summed E-state index contributed by atoms with van der Waals surface area (Å²) in [6, 6.07) is 4.62. The van der Waals surface area contributed by atoms with Gasteiger partial charge in [0.1, 0.15) is 5.75 Å². The van der Waals surface area contributed by atoms with Gasteiger partial charge >= 0.3 is 6.18 Å². The van der Waals surface area contributed by atoms with E-state index >= 15 is 0 Å². The Kier molecular flexibility index (Phi) is 4.63. The quantitative estimate of drug-likeness (QED) is 0.893. The number of ether oxygens (including phenoxy) is 1. The van der Waals surface area contributed by atoms with Crippen molar-refractivity contribution in [1.29, 1.82) is 0 Å². The molecule has 16 heavy (non-hydrogen) atoms. The third-order valence-corrected chi connectivity index (χ3v) is 2.86. The molecule has 0 bridgehead atoms. The number of hydrogen-bond donors (Lipinski definition) is 1. The van der Waals surface area contributed by atoms with Crippen LogP contribution in [0, 0.1) is 0 Å². The third kappa shape index (κ3) is 3.64. The SMILES string of the molecule is NCC(Oc1ccc(Br)cc1Br)C(F)(F)F. The Balaban J connectivity index is 2.86. The molecule has 0 amide bonds. The molecule has 0 aromatic heterocycles. The Morgan fingerprint density at radius 3 is 2.38 bits per heavy atom. The van der Waals surface area contributed by atoms with Crippen molar-refractivity contribution in [2.24, 2.45) is 5.73 Å². The summed E-state index contributed by atoms with van der Waals surface area (Å²) in [5.74, 6) is 0.107. The van der Waals surface area contributed by atoms with Crippen LogP contribution in [-0.2, 0) is 0 Å². The van der Waals surface area contributed by atoms with Crippen molar-refractivity contribution in [3.05, 3.63) is 27.1 Å². The van der Waals surface area contributed by atoms with Gasteiger partial charge in [0.15, 0.2) is 0 Å². The molecule has 1 aromatic rings. The number of halogens is 5. The maximum absolute atomic E-state index is 12.4. The van der Waals surface area contributed by atoms with Crippen LogP contribution in [0.3, 0.4) is 0 Å². The van der Waals surface area contributed by atoms with Gasteiger partial charge in [0, 0.05) is 11.0 Å².